The molecule has 0 nitrogen and oxygen atoms in total. The van der Waals surface area contributed by atoms with Gasteiger partial charge in [0.1, 0.15) is 0 Å². The van der Waals surface area contributed by atoms with E-state index in [2.05, 4.69) is 62.4 Å². The number of rotatable bonds is 3. The normalized spacial score (nSPS) is 16.9. The van der Waals surface area contributed by atoms with Crippen molar-refractivity contribution in [2.45, 2.75) is 44.9 Å². The van der Waals surface area contributed by atoms with Gasteiger partial charge in [-0.3, -0.25) is 0 Å². The zero-order valence-electron chi connectivity index (χ0n) is 11.9. The highest BCUT2D eigenvalue weighted by Gasteiger charge is 2.21. The van der Waals surface area contributed by atoms with E-state index >= 15 is 0 Å². The van der Waals surface area contributed by atoms with Gasteiger partial charge in [-0.2, -0.15) is 0 Å². The third-order valence-corrected chi connectivity index (χ3v) is 4.64. The summed E-state index contributed by atoms with van der Waals surface area (Å²) < 4.78 is 0. The average molecular weight is 250 g/mol. The van der Waals surface area contributed by atoms with Crippen molar-refractivity contribution in [3.8, 4) is 0 Å². The standard InChI is InChI=1S/C19H22/c1-14-13-18(11-12-19(14)17-9-6-10-17)15(2)16-7-4-3-5-8-16/h3-5,7-8,11-13,15,17H,6,9-10H2,1-2H3/t15-/m0/s1. The summed E-state index contributed by atoms with van der Waals surface area (Å²) in [6.45, 7) is 4.57. The van der Waals surface area contributed by atoms with Crippen molar-refractivity contribution in [1.29, 1.82) is 0 Å². The first-order valence-corrected chi connectivity index (χ1v) is 7.41. The van der Waals surface area contributed by atoms with Crippen LogP contribution in [0.4, 0.5) is 0 Å². The van der Waals surface area contributed by atoms with E-state index in [9.17, 15) is 0 Å². The lowest BCUT2D eigenvalue weighted by Gasteiger charge is -2.28. The van der Waals surface area contributed by atoms with Crippen LogP contribution in [0.5, 0.6) is 0 Å². The van der Waals surface area contributed by atoms with Crippen molar-refractivity contribution >= 4 is 0 Å². The Morgan fingerprint density at radius 3 is 2.26 bits per heavy atom. The molecule has 1 atom stereocenters. The maximum absolute atomic E-state index is 2.39. The summed E-state index contributed by atoms with van der Waals surface area (Å²) in [6.07, 6.45) is 4.18. The van der Waals surface area contributed by atoms with Crippen molar-refractivity contribution in [1.82, 2.24) is 0 Å². The van der Waals surface area contributed by atoms with Gasteiger partial charge < -0.3 is 0 Å². The number of hydrogen-bond donors (Lipinski definition) is 0. The van der Waals surface area contributed by atoms with E-state index in [1.807, 2.05) is 0 Å². The molecule has 19 heavy (non-hydrogen) atoms. The van der Waals surface area contributed by atoms with E-state index in [1.165, 1.54) is 36.0 Å². The first kappa shape index (κ1) is 12.5. The highest BCUT2D eigenvalue weighted by Crippen LogP contribution is 2.38. The first-order chi connectivity index (χ1) is 9.25. The highest BCUT2D eigenvalue weighted by molar-refractivity contribution is 5.39. The summed E-state index contributed by atoms with van der Waals surface area (Å²) in [7, 11) is 0. The van der Waals surface area contributed by atoms with E-state index in [4.69, 9.17) is 0 Å². The number of benzene rings is 2. The summed E-state index contributed by atoms with van der Waals surface area (Å²) in [5, 5.41) is 0. The lowest BCUT2D eigenvalue weighted by Crippen LogP contribution is -2.10. The van der Waals surface area contributed by atoms with Crippen LogP contribution in [0, 0.1) is 6.92 Å². The minimum atomic E-state index is 0.482. The molecule has 1 fully saturated rings. The van der Waals surface area contributed by atoms with Crippen molar-refractivity contribution in [2.24, 2.45) is 0 Å². The molecule has 98 valence electrons. The Hall–Kier alpha value is -1.56. The van der Waals surface area contributed by atoms with Crippen LogP contribution in [-0.4, -0.2) is 0 Å². The Balaban J connectivity index is 1.87. The molecule has 2 aromatic rings. The first-order valence-electron chi connectivity index (χ1n) is 7.41. The molecule has 0 aromatic heterocycles. The van der Waals surface area contributed by atoms with Gasteiger partial charge in [-0.25, -0.2) is 0 Å². The van der Waals surface area contributed by atoms with Gasteiger partial charge in [-0.1, -0.05) is 61.9 Å². The van der Waals surface area contributed by atoms with Crippen molar-refractivity contribution < 1.29 is 0 Å². The minimum Gasteiger partial charge on any atom is -0.0622 e. The molecule has 0 aliphatic heterocycles. The molecule has 2 aromatic carbocycles. The molecule has 0 amide bonds. The Bertz CT molecular complexity index is 550. The summed E-state index contributed by atoms with van der Waals surface area (Å²) in [5.41, 5.74) is 5.89. The molecular weight excluding hydrogens is 228 g/mol. The average Bonchev–Trinajstić information content (AvgIpc) is 2.39. The van der Waals surface area contributed by atoms with Gasteiger partial charge in [0.05, 0.1) is 0 Å². The predicted molar refractivity (Wildman–Crippen MR) is 81.7 cm³/mol. The monoisotopic (exact) mass is 250 g/mol. The van der Waals surface area contributed by atoms with Gasteiger partial charge in [0.25, 0.3) is 0 Å². The third kappa shape index (κ3) is 2.45. The second kappa shape index (κ2) is 5.21. The molecule has 0 saturated heterocycles. The Morgan fingerprint density at radius 1 is 0.947 bits per heavy atom. The Morgan fingerprint density at radius 2 is 1.68 bits per heavy atom. The smallest absolute Gasteiger partial charge is 0.00611 e. The van der Waals surface area contributed by atoms with Crippen molar-refractivity contribution in [3.63, 3.8) is 0 Å². The summed E-state index contributed by atoms with van der Waals surface area (Å²) in [6, 6.07) is 17.9. The predicted octanol–water partition coefficient (Wildman–Crippen LogP) is 5.41. The Labute approximate surface area is 116 Å². The van der Waals surface area contributed by atoms with Crippen LogP contribution in [0.3, 0.4) is 0 Å². The molecule has 1 saturated carbocycles. The van der Waals surface area contributed by atoms with Crippen LogP contribution in [0.1, 0.15) is 60.3 Å². The molecule has 0 heteroatoms. The van der Waals surface area contributed by atoms with Gasteiger partial charge in [-0.15, -0.1) is 0 Å². The van der Waals surface area contributed by atoms with Crippen molar-refractivity contribution in [2.75, 3.05) is 0 Å². The second-order valence-corrected chi connectivity index (χ2v) is 5.88. The third-order valence-electron chi connectivity index (χ3n) is 4.64. The quantitative estimate of drug-likeness (QED) is 0.683. The molecule has 0 heterocycles. The summed E-state index contributed by atoms with van der Waals surface area (Å²) in [4.78, 5) is 0. The molecular formula is C19H22. The van der Waals surface area contributed by atoms with Crippen LogP contribution < -0.4 is 0 Å². The molecule has 1 aliphatic rings. The van der Waals surface area contributed by atoms with Gasteiger partial charge in [0.2, 0.25) is 0 Å². The molecule has 0 spiro atoms. The fourth-order valence-corrected chi connectivity index (χ4v) is 3.08. The summed E-state index contributed by atoms with van der Waals surface area (Å²) in [5.74, 6) is 1.32. The van der Waals surface area contributed by atoms with Crippen LogP contribution in [-0.2, 0) is 0 Å². The molecule has 0 radical (unpaired) electrons. The topological polar surface area (TPSA) is 0 Å². The second-order valence-electron chi connectivity index (χ2n) is 5.88. The van der Waals surface area contributed by atoms with Crippen LogP contribution >= 0.6 is 0 Å². The van der Waals surface area contributed by atoms with E-state index in [1.54, 1.807) is 5.56 Å². The molecule has 1 aliphatic carbocycles. The highest BCUT2D eigenvalue weighted by atomic mass is 14.3. The minimum absolute atomic E-state index is 0.482. The number of aryl methyl sites for hydroxylation is 1. The SMILES string of the molecule is Cc1cc([C@@H](C)c2ccccc2)ccc1C1CCC1. The van der Waals surface area contributed by atoms with Gasteiger partial charge in [-0.05, 0) is 47.9 Å². The lowest BCUT2D eigenvalue weighted by molar-refractivity contribution is 0.418. The molecule has 0 unspecified atom stereocenters. The molecule has 3 rings (SSSR count). The molecule has 0 N–H and O–H groups in total. The number of hydrogen-bond acceptors (Lipinski definition) is 0. The van der Waals surface area contributed by atoms with E-state index < -0.39 is 0 Å². The van der Waals surface area contributed by atoms with Crippen molar-refractivity contribution in [3.05, 3.63) is 70.8 Å². The van der Waals surface area contributed by atoms with Gasteiger partial charge in [0, 0.05) is 5.92 Å². The van der Waals surface area contributed by atoms with Gasteiger partial charge >= 0.3 is 0 Å². The zero-order valence-corrected chi connectivity index (χ0v) is 11.9. The van der Waals surface area contributed by atoms with E-state index in [-0.39, 0.29) is 0 Å². The van der Waals surface area contributed by atoms with E-state index in [0.29, 0.717) is 5.92 Å². The largest absolute Gasteiger partial charge is 0.0622 e. The van der Waals surface area contributed by atoms with Crippen LogP contribution in [0.15, 0.2) is 48.5 Å². The lowest BCUT2D eigenvalue weighted by atomic mass is 9.77. The fraction of sp³-hybridized carbons (Fsp3) is 0.368. The maximum Gasteiger partial charge on any atom is 0.00611 e. The Kier molecular flexibility index (Phi) is 3.42. The van der Waals surface area contributed by atoms with Gasteiger partial charge in [0.15, 0.2) is 0 Å². The van der Waals surface area contributed by atoms with Crippen LogP contribution in [0.25, 0.3) is 0 Å². The zero-order chi connectivity index (χ0) is 13.2. The van der Waals surface area contributed by atoms with Crippen LogP contribution in [0.2, 0.25) is 0 Å². The fourth-order valence-electron chi connectivity index (χ4n) is 3.08. The molecule has 0 bridgehead atoms. The summed E-state index contributed by atoms with van der Waals surface area (Å²) >= 11 is 0. The van der Waals surface area contributed by atoms with E-state index in [0.717, 1.165) is 5.92 Å². The maximum atomic E-state index is 2.39.